The van der Waals surface area contributed by atoms with E-state index in [9.17, 15) is 0 Å². The topological polar surface area (TPSA) is 18.5 Å². The Hall–Kier alpha value is -0.548. The largest absolute Gasteiger partial charge is 0.490 e. The van der Waals surface area contributed by atoms with Crippen LogP contribution in [0.25, 0.3) is 0 Å². The Morgan fingerprint density at radius 2 is 1.65 bits per heavy atom. The van der Waals surface area contributed by atoms with Gasteiger partial charge < -0.3 is 9.31 Å². The maximum Gasteiger partial charge on any atom is 0.490 e. The molecule has 1 aliphatic heterocycles. The molecule has 0 aliphatic carbocycles. The van der Waals surface area contributed by atoms with E-state index in [4.69, 9.17) is 20.9 Å². The van der Waals surface area contributed by atoms with Crippen LogP contribution in [0.15, 0.2) is 42.4 Å². The Morgan fingerprint density at radius 3 is 2.15 bits per heavy atom. The quantitative estimate of drug-likeness (QED) is 0.434. The fraction of sp³-hybridized carbons (Fsp3) is 0.619. The van der Waals surface area contributed by atoms with Gasteiger partial charge in [0.25, 0.3) is 0 Å². The minimum atomic E-state index is -1.59. The van der Waals surface area contributed by atoms with E-state index in [1.165, 1.54) is 5.19 Å². The van der Waals surface area contributed by atoms with E-state index in [0.717, 1.165) is 24.4 Å². The molecule has 1 atom stereocenters. The van der Waals surface area contributed by atoms with E-state index >= 15 is 0 Å². The molecule has 1 aromatic rings. The van der Waals surface area contributed by atoms with Crippen LogP contribution >= 0.6 is 11.6 Å². The number of halogens is 1. The van der Waals surface area contributed by atoms with Crippen LogP contribution in [0, 0.1) is 5.92 Å². The molecule has 0 spiro atoms. The zero-order chi connectivity index (χ0) is 19.6. The second kappa shape index (κ2) is 8.22. The summed E-state index contributed by atoms with van der Waals surface area (Å²) in [6.07, 6.45) is 2.03. The average molecular weight is 393 g/mol. The third-order valence-corrected chi connectivity index (χ3v) is 9.76. The summed E-state index contributed by atoms with van der Waals surface area (Å²) >= 11 is 6.01. The number of alkyl halides is 1. The Bertz CT molecular complexity index is 600. The summed E-state index contributed by atoms with van der Waals surface area (Å²) < 4.78 is 12.5. The van der Waals surface area contributed by atoms with Crippen molar-refractivity contribution in [2.24, 2.45) is 5.92 Å². The van der Waals surface area contributed by atoms with Gasteiger partial charge in [-0.1, -0.05) is 48.6 Å². The minimum absolute atomic E-state index is 0.329. The van der Waals surface area contributed by atoms with Crippen molar-refractivity contribution in [3.8, 4) is 0 Å². The van der Waals surface area contributed by atoms with E-state index in [0.29, 0.717) is 11.8 Å². The lowest BCUT2D eigenvalue weighted by Gasteiger charge is -2.32. The first-order valence-corrected chi connectivity index (χ1v) is 13.4. The maximum absolute atomic E-state index is 6.27. The Labute approximate surface area is 166 Å². The monoisotopic (exact) mass is 392 g/mol. The van der Waals surface area contributed by atoms with Gasteiger partial charge in [-0.2, -0.15) is 0 Å². The zero-order valence-electron chi connectivity index (χ0n) is 17.3. The highest BCUT2D eigenvalue weighted by molar-refractivity contribution is 6.89. The van der Waals surface area contributed by atoms with Gasteiger partial charge in [0.05, 0.1) is 19.3 Å². The molecule has 0 radical (unpaired) electrons. The van der Waals surface area contributed by atoms with E-state index < -0.39 is 8.07 Å². The second-order valence-electron chi connectivity index (χ2n) is 9.15. The molecule has 0 bridgehead atoms. The van der Waals surface area contributed by atoms with Crippen LogP contribution in [0.2, 0.25) is 19.1 Å². The molecule has 1 aromatic carbocycles. The van der Waals surface area contributed by atoms with Gasteiger partial charge in [0.15, 0.2) is 0 Å². The van der Waals surface area contributed by atoms with Crippen LogP contribution in [-0.4, -0.2) is 32.3 Å². The van der Waals surface area contributed by atoms with Crippen molar-refractivity contribution in [1.29, 1.82) is 0 Å². The van der Waals surface area contributed by atoms with Crippen molar-refractivity contribution < 1.29 is 9.31 Å². The molecule has 1 aliphatic rings. The molecule has 5 heteroatoms. The van der Waals surface area contributed by atoms with E-state index in [1.807, 2.05) is 0 Å². The van der Waals surface area contributed by atoms with Crippen molar-refractivity contribution >= 4 is 32.0 Å². The molecule has 2 nitrogen and oxygen atoms in total. The fourth-order valence-electron chi connectivity index (χ4n) is 3.55. The molecule has 0 N–H and O–H groups in total. The van der Waals surface area contributed by atoms with Gasteiger partial charge in [-0.05, 0) is 58.0 Å². The highest BCUT2D eigenvalue weighted by Gasteiger charge is 2.53. The van der Waals surface area contributed by atoms with Crippen molar-refractivity contribution in [3.05, 3.63) is 42.4 Å². The van der Waals surface area contributed by atoms with Crippen molar-refractivity contribution in [2.45, 2.75) is 70.9 Å². The molecule has 2 rings (SSSR count). The van der Waals surface area contributed by atoms with Crippen LogP contribution in [0.3, 0.4) is 0 Å². The molecule has 144 valence electrons. The molecule has 1 heterocycles. The fourth-order valence-corrected chi connectivity index (χ4v) is 6.74. The maximum atomic E-state index is 6.27. The van der Waals surface area contributed by atoms with Gasteiger partial charge in [-0.15, -0.1) is 18.2 Å². The van der Waals surface area contributed by atoms with Gasteiger partial charge >= 0.3 is 7.12 Å². The Morgan fingerprint density at radius 1 is 1.12 bits per heavy atom. The minimum Gasteiger partial charge on any atom is -0.400 e. The smallest absolute Gasteiger partial charge is 0.400 e. The van der Waals surface area contributed by atoms with Crippen molar-refractivity contribution in [2.75, 3.05) is 5.88 Å². The second-order valence-corrected chi connectivity index (χ2v) is 14.3. The molecular weight excluding hydrogens is 359 g/mol. The SMILES string of the molecule is C=C(B1OC(C)(C)C(C)(C)O1)[C@H](CCCCl)C[Si](C)(C)c1ccccc1. The van der Waals surface area contributed by atoms with E-state index in [-0.39, 0.29) is 18.3 Å². The summed E-state index contributed by atoms with van der Waals surface area (Å²) in [5.74, 6) is 1.05. The highest BCUT2D eigenvalue weighted by Crippen LogP contribution is 2.41. The van der Waals surface area contributed by atoms with E-state index in [1.54, 1.807) is 0 Å². The average Bonchev–Trinajstić information content (AvgIpc) is 2.79. The Balaban J connectivity index is 2.18. The van der Waals surface area contributed by atoms with Gasteiger partial charge in [0.1, 0.15) is 0 Å². The van der Waals surface area contributed by atoms with Crippen LogP contribution in [0.1, 0.15) is 40.5 Å². The predicted molar refractivity (Wildman–Crippen MR) is 117 cm³/mol. The number of benzene rings is 1. The first-order valence-electron chi connectivity index (χ1n) is 9.66. The lowest BCUT2D eigenvalue weighted by molar-refractivity contribution is 0.00578. The van der Waals surface area contributed by atoms with E-state index in [2.05, 4.69) is 77.7 Å². The lowest BCUT2D eigenvalue weighted by atomic mass is 9.71. The first kappa shape index (κ1) is 21.7. The summed E-state index contributed by atoms with van der Waals surface area (Å²) in [5, 5.41) is 1.48. The van der Waals surface area contributed by atoms with Gasteiger partial charge in [0.2, 0.25) is 0 Å². The molecule has 26 heavy (non-hydrogen) atoms. The van der Waals surface area contributed by atoms with Gasteiger partial charge in [-0.3, -0.25) is 0 Å². The van der Waals surface area contributed by atoms with Crippen LogP contribution in [0.5, 0.6) is 0 Å². The van der Waals surface area contributed by atoms with Crippen molar-refractivity contribution in [1.82, 2.24) is 0 Å². The summed E-state index contributed by atoms with van der Waals surface area (Å²) in [4.78, 5) is 0. The number of allylic oxidation sites excluding steroid dienone is 1. The predicted octanol–water partition coefficient (Wildman–Crippen LogP) is 5.42. The first-order chi connectivity index (χ1) is 12.0. The summed E-state index contributed by atoms with van der Waals surface area (Å²) in [7, 11) is -1.93. The normalized spacial score (nSPS) is 20.2. The molecule has 0 unspecified atom stereocenters. The molecule has 1 fully saturated rings. The summed E-state index contributed by atoms with van der Waals surface area (Å²) in [6, 6.07) is 12.0. The van der Waals surface area contributed by atoms with Crippen LogP contribution in [-0.2, 0) is 9.31 Å². The van der Waals surface area contributed by atoms with Crippen molar-refractivity contribution in [3.63, 3.8) is 0 Å². The van der Waals surface area contributed by atoms with Crippen LogP contribution in [0.4, 0.5) is 0 Å². The molecular formula is C21H34BClO2Si. The third-order valence-electron chi connectivity index (χ3n) is 6.08. The van der Waals surface area contributed by atoms with Crippen LogP contribution < -0.4 is 5.19 Å². The lowest BCUT2D eigenvalue weighted by Crippen LogP contribution is -2.44. The molecule has 0 aromatic heterocycles. The molecule has 0 saturated carbocycles. The highest BCUT2D eigenvalue weighted by atomic mass is 35.5. The number of hydrogen-bond acceptors (Lipinski definition) is 2. The zero-order valence-corrected chi connectivity index (χ0v) is 19.0. The number of rotatable bonds is 8. The summed E-state index contributed by atoms with van der Waals surface area (Å²) in [5.41, 5.74) is 0.416. The van der Waals surface area contributed by atoms with Gasteiger partial charge in [-0.25, -0.2) is 0 Å². The van der Waals surface area contributed by atoms with Gasteiger partial charge in [0, 0.05) is 5.88 Å². The molecule has 1 saturated heterocycles. The molecule has 0 amide bonds. The Kier molecular flexibility index (Phi) is 6.87. The third kappa shape index (κ3) is 4.83. The summed E-state index contributed by atoms with van der Waals surface area (Å²) in [6.45, 7) is 17.7. The standard InChI is InChI=1S/C21H34BClO2Si/c1-17(22-24-20(2,3)21(4,5)25-22)18(12-11-15-23)16-26(6,7)19-13-9-8-10-14-19/h8-10,13-14,18H,1,11-12,15-16H2,2-7H3/t18-/m1/s1. The number of hydrogen-bond donors (Lipinski definition) is 0.